The molecule has 0 radical (unpaired) electrons. The van der Waals surface area contributed by atoms with E-state index in [1.807, 2.05) is 52.8 Å². The lowest BCUT2D eigenvalue weighted by Crippen LogP contribution is -2.28. The van der Waals surface area contributed by atoms with Crippen LogP contribution in [0.1, 0.15) is 65.9 Å². The van der Waals surface area contributed by atoms with Gasteiger partial charge < -0.3 is 19.9 Å². The molecule has 0 saturated carbocycles. The van der Waals surface area contributed by atoms with Crippen molar-refractivity contribution < 1.29 is 24.2 Å². The molecular formula is C30H32ClNO5. The Morgan fingerprint density at radius 1 is 1.11 bits per heavy atom. The number of carbonyl (C=O) groups excluding carboxylic acids is 1. The fourth-order valence-electron chi connectivity index (χ4n) is 4.72. The number of aliphatic carboxylic acids is 1. The Kier molecular flexibility index (Phi) is 7.62. The number of hydrogen-bond donors (Lipinski definition) is 2. The van der Waals surface area contributed by atoms with Crippen molar-refractivity contribution in [3.8, 4) is 16.9 Å². The Bertz CT molecular complexity index is 1360. The van der Waals surface area contributed by atoms with Crippen LogP contribution in [0.4, 0.5) is 5.69 Å². The molecule has 2 N–H and O–H groups in total. The van der Waals surface area contributed by atoms with Crippen molar-refractivity contribution in [3.63, 3.8) is 0 Å². The molecule has 1 aliphatic rings. The van der Waals surface area contributed by atoms with Gasteiger partial charge >= 0.3 is 5.97 Å². The molecule has 194 valence electrons. The third kappa shape index (κ3) is 5.81. The van der Waals surface area contributed by atoms with Crippen molar-refractivity contribution in [2.24, 2.45) is 0 Å². The molecule has 1 unspecified atom stereocenters. The van der Waals surface area contributed by atoms with Crippen LogP contribution in [0.3, 0.4) is 0 Å². The first-order chi connectivity index (χ1) is 17.5. The SMILES string of the molecule is Cc1cc(NC(=O)c2ccccc2Cl)c(C)c(C(OC(C)(C)C)C(=O)O)c1-c1ccc2c(c1)CCCO2. The van der Waals surface area contributed by atoms with E-state index in [1.54, 1.807) is 24.3 Å². The third-order valence-corrected chi connectivity index (χ3v) is 6.68. The summed E-state index contributed by atoms with van der Waals surface area (Å²) >= 11 is 6.25. The van der Waals surface area contributed by atoms with E-state index in [4.69, 9.17) is 21.1 Å². The van der Waals surface area contributed by atoms with Gasteiger partial charge in [0.2, 0.25) is 0 Å². The van der Waals surface area contributed by atoms with Gasteiger partial charge in [0.1, 0.15) is 5.75 Å². The van der Waals surface area contributed by atoms with Crippen LogP contribution in [-0.2, 0) is 16.0 Å². The Labute approximate surface area is 222 Å². The van der Waals surface area contributed by atoms with E-state index >= 15 is 0 Å². The summed E-state index contributed by atoms with van der Waals surface area (Å²) in [6.07, 6.45) is 0.570. The van der Waals surface area contributed by atoms with Crippen LogP contribution in [0.5, 0.6) is 5.75 Å². The molecule has 37 heavy (non-hydrogen) atoms. The molecule has 0 aliphatic carbocycles. The third-order valence-electron chi connectivity index (χ3n) is 6.35. The summed E-state index contributed by atoms with van der Waals surface area (Å²) in [5.41, 5.74) is 4.81. The van der Waals surface area contributed by atoms with Gasteiger partial charge in [-0.3, -0.25) is 4.79 Å². The number of carbonyl (C=O) groups is 2. The van der Waals surface area contributed by atoms with E-state index in [-0.39, 0.29) is 5.91 Å². The van der Waals surface area contributed by atoms with Crippen LogP contribution >= 0.6 is 11.6 Å². The Balaban J connectivity index is 1.90. The van der Waals surface area contributed by atoms with E-state index < -0.39 is 17.7 Å². The number of amides is 1. The van der Waals surface area contributed by atoms with Gasteiger partial charge in [-0.2, -0.15) is 0 Å². The fourth-order valence-corrected chi connectivity index (χ4v) is 4.94. The zero-order valence-corrected chi connectivity index (χ0v) is 22.5. The van der Waals surface area contributed by atoms with Gasteiger partial charge in [0, 0.05) is 11.3 Å². The largest absolute Gasteiger partial charge is 0.493 e. The molecule has 0 aromatic heterocycles. The highest BCUT2D eigenvalue weighted by atomic mass is 35.5. The van der Waals surface area contributed by atoms with Crippen LogP contribution in [0, 0.1) is 13.8 Å². The van der Waals surface area contributed by atoms with E-state index in [2.05, 4.69) is 11.4 Å². The van der Waals surface area contributed by atoms with E-state index in [9.17, 15) is 14.7 Å². The lowest BCUT2D eigenvalue weighted by Gasteiger charge is -2.30. The topological polar surface area (TPSA) is 84.9 Å². The van der Waals surface area contributed by atoms with Crippen molar-refractivity contribution in [2.75, 3.05) is 11.9 Å². The molecule has 1 atom stereocenters. The molecule has 1 aliphatic heterocycles. The highest BCUT2D eigenvalue weighted by Gasteiger charge is 2.33. The monoisotopic (exact) mass is 521 g/mol. The summed E-state index contributed by atoms with van der Waals surface area (Å²) in [6, 6.07) is 14.6. The van der Waals surface area contributed by atoms with E-state index in [0.717, 1.165) is 40.8 Å². The molecule has 0 bridgehead atoms. The predicted molar refractivity (Wildman–Crippen MR) is 146 cm³/mol. The summed E-state index contributed by atoms with van der Waals surface area (Å²) in [5.74, 6) is -0.619. The van der Waals surface area contributed by atoms with Crippen molar-refractivity contribution in [2.45, 2.75) is 59.2 Å². The van der Waals surface area contributed by atoms with Crippen LogP contribution in [0.25, 0.3) is 11.1 Å². The van der Waals surface area contributed by atoms with Crippen molar-refractivity contribution in [1.82, 2.24) is 0 Å². The van der Waals surface area contributed by atoms with Crippen LogP contribution < -0.4 is 10.1 Å². The average Bonchev–Trinajstić information content (AvgIpc) is 2.83. The summed E-state index contributed by atoms with van der Waals surface area (Å²) in [7, 11) is 0. The van der Waals surface area contributed by atoms with E-state index in [1.165, 1.54) is 0 Å². The number of benzene rings is 3. The Hall–Kier alpha value is -3.35. The molecule has 0 spiro atoms. The second-order valence-electron chi connectivity index (χ2n) is 10.3. The molecular weight excluding hydrogens is 490 g/mol. The quantitative estimate of drug-likeness (QED) is 0.360. The van der Waals surface area contributed by atoms with Crippen molar-refractivity contribution in [3.05, 3.63) is 81.4 Å². The first-order valence-electron chi connectivity index (χ1n) is 12.3. The number of fused-ring (bicyclic) bond motifs is 1. The number of ether oxygens (including phenoxy) is 2. The lowest BCUT2D eigenvalue weighted by molar-refractivity contribution is -0.160. The molecule has 0 saturated heterocycles. The van der Waals surface area contributed by atoms with Crippen molar-refractivity contribution in [1.29, 1.82) is 0 Å². The van der Waals surface area contributed by atoms with Gasteiger partial charge in [-0.25, -0.2) is 4.79 Å². The first-order valence-corrected chi connectivity index (χ1v) is 12.7. The van der Waals surface area contributed by atoms with Gasteiger partial charge in [0.25, 0.3) is 5.91 Å². The highest BCUT2D eigenvalue weighted by Crippen LogP contribution is 2.42. The first kappa shape index (κ1) is 26.7. The molecule has 1 amide bonds. The summed E-state index contributed by atoms with van der Waals surface area (Å²) in [4.78, 5) is 25.7. The van der Waals surface area contributed by atoms with Gasteiger partial charge in [0.15, 0.2) is 6.10 Å². The number of carboxylic acid groups (broad SMARTS) is 1. The van der Waals surface area contributed by atoms with Crippen LogP contribution in [-0.4, -0.2) is 29.2 Å². The second kappa shape index (κ2) is 10.6. The van der Waals surface area contributed by atoms with Gasteiger partial charge in [-0.05, 0) is 106 Å². The maximum atomic E-state index is 13.1. The normalized spacial score (nSPS) is 13.9. The zero-order chi connectivity index (χ0) is 26.9. The van der Waals surface area contributed by atoms with Gasteiger partial charge in [-0.15, -0.1) is 0 Å². The number of carboxylic acids is 1. The average molecular weight is 522 g/mol. The molecule has 3 aromatic rings. The summed E-state index contributed by atoms with van der Waals surface area (Å²) in [5, 5.41) is 13.6. The highest BCUT2D eigenvalue weighted by molar-refractivity contribution is 6.34. The Morgan fingerprint density at radius 2 is 1.84 bits per heavy atom. The maximum Gasteiger partial charge on any atom is 0.337 e. The van der Waals surface area contributed by atoms with Gasteiger partial charge in [-0.1, -0.05) is 29.8 Å². The smallest absolute Gasteiger partial charge is 0.337 e. The Morgan fingerprint density at radius 3 is 2.51 bits per heavy atom. The van der Waals surface area contributed by atoms with Gasteiger partial charge in [0.05, 0.1) is 22.8 Å². The minimum atomic E-state index is -1.25. The molecule has 4 rings (SSSR count). The molecule has 6 nitrogen and oxygen atoms in total. The standard InChI is InChI=1S/C30H32ClNO5/c1-17-15-23(32-28(33)21-10-6-7-11-22(21)31)18(2)26(27(29(34)35)37-30(3,4)5)25(17)20-12-13-24-19(16-20)9-8-14-36-24/h6-7,10-13,15-16,27H,8-9,14H2,1-5H3,(H,32,33)(H,34,35). The fraction of sp³-hybridized carbons (Fsp3) is 0.333. The number of nitrogens with one attached hydrogen (secondary N) is 1. The number of rotatable bonds is 6. The molecule has 0 fully saturated rings. The minimum Gasteiger partial charge on any atom is -0.493 e. The second-order valence-corrected chi connectivity index (χ2v) is 10.7. The van der Waals surface area contributed by atoms with E-state index in [0.29, 0.717) is 34.0 Å². The number of aryl methyl sites for hydroxylation is 2. The maximum absolute atomic E-state index is 13.1. The zero-order valence-electron chi connectivity index (χ0n) is 21.8. The molecule has 1 heterocycles. The number of halogens is 1. The predicted octanol–water partition coefficient (Wildman–Crippen LogP) is 7.14. The lowest BCUT2D eigenvalue weighted by atomic mass is 9.86. The number of anilines is 1. The molecule has 7 heteroatoms. The van der Waals surface area contributed by atoms with Crippen LogP contribution in [0.15, 0.2) is 48.5 Å². The molecule has 3 aromatic carbocycles. The number of hydrogen-bond acceptors (Lipinski definition) is 4. The minimum absolute atomic E-state index is 0.335. The van der Waals surface area contributed by atoms with Crippen molar-refractivity contribution >= 4 is 29.2 Å². The summed E-state index contributed by atoms with van der Waals surface area (Å²) < 4.78 is 11.9. The summed E-state index contributed by atoms with van der Waals surface area (Å²) in [6.45, 7) is 9.88. The van der Waals surface area contributed by atoms with Crippen LogP contribution in [0.2, 0.25) is 5.02 Å².